The van der Waals surface area contributed by atoms with Crippen LogP contribution in [-0.4, -0.2) is 11.1 Å². The van der Waals surface area contributed by atoms with Crippen LogP contribution in [0, 0.1) is 5.82 Å². The molecule has 2 aromatic carbocycles. The third-order valence-corrected chi connectivity index (χ3v) is 2.40. The van der Waals surface area contributed by atoms with Gasteiger partial charge in [-0.1, -0.05) is 24.3 Å². The number of carbonyl (C=O) groups is 1. The average Bonchev–Trinajstić information content (AvgIpc) is 2.37. The fourth-order valence-electron chi connectivity index (χ4n) is 1.47. The minimum Gasteiger partial charge on any atom is -0.508 e. The Bertz CT molecular complexity index is 566. The third-order valence-electron chi connectivity index (χ3n) is 2.40. The molecular weight excluding hydrogens is 235 g/mol. The molecule has 3 nitrogen and oxygen atoms in total. The Kier molecular flexibility index (Phi) is 3.57. The smallest absolute Gasteiger partial charge is 0.338 e. The Morgan fingerprint density at radius 3 is 2.67 bits per heavy atom. The van der Waals surface area contributed by atoms with Gasteiger partial charge in [0.05, 0.1) is 5.56 Å². The number of rotatable bonds is 3. The van der Waals surface area contributed by atoms with Gasteiger partial charge in [-0.05, 0) is 24.3 Å². The molecule has 0 unspecified atom stereocenters. The summed E-state index contributed by atoms with van der Waals surface area (Å²) in [6.07, 6.45) is 0. The summed E-state index contributed by atoms with van der Waals surface area (Å²) in [5, 5.41) is 9.22. The summed E-state index contributed by atoms with van der Waals surface area (Å²) in [5.74, 6) is -1.04. The fraction of sp³-hybridized carbons (Fsp3) is 0.0714. The number of halogens is 1. The van der Waals surface area contributed by atoms with Crippen LogP contribution in [0.15, 0.2) is 48.5 Å². The van der Waals surface area contributed by atoms with Gasteiger partial charge in [0.25, 0.3) is 0 Å². The molecule has 0 bridgehead atoms. The molecule has 0 atom stereocenters. The van der Waals surface area contributed by atoms with Gasteiger partial charge in [-0.2, -0.15) is 0 Å². The molecule has 0 saturated heterocycles. The van der Waals surface area contributed by atoms with Gasteiger partial charge in [0, 0.05) is 5.56 Å². The molecule has 92 valence electrons. The lowest BCUT2D eigenvalue weighted by atomic mass is 10.2. The SMILES string of the molecule is O=C(OCc1ccccc1F)c1cccc(O)c1. The Balaban J connectivity index is 2.03. The first kappa shape index (κ1) is 12.1. The molecule has 0 aliphatic rings. The van der Waals surface area contributed by atoms with E-state index in [9.17, 15) is 14.3 Å². The molecule has 0 aliphatic heterocycles. The Morgan fingerprint density at radius 1 is 1.17 bits per heavy atom. The van der Waals surface area contributed by atoms with E-state index in [0.29, 0.717) is 5.56 Å². The van der Waals surface area contributed by atoms with Gasteiger partial charge in [0.15, 0.2) is 0 Å². The molecule has 0 aromatic heterocycles. The van der Waals surface area contributed by atoms with Gasteiger partial charge in [0.2, 0.25) is 0 Å². The monoisotopic (exact) mass is 246 g/mol. The molecule has 2 rings (SSSR count). The molecule has 0 radical (unpaired) electrons. The summed E-state index contributed by atoms with van der Waals surface area (Å²) in [6.45, 7) is -0.138. The van der Waals surface area contributed by atoms with Crippen molar-refractivity contribution in [1.82, 2.24) is 0 Å². The van der Waals surface area contributed by atoms with Crippen LogP contribution in [0.25, 0.3) is 0 Å². The topological polar surface area (TPSA) is 46.5 Å². The minimum atomic E-state index is -0.603. The van der Waals surface area contributed by atoms with E-state index in [2.05, 4.69) is 0 Å². The number of carbonyl (C=O) groups excluding carboxylic acids is 1. The molecular formula is C14H11FO3. The molecule has 0 aliphatic carbocycles. The van der Waals surface area contributed by atoms with Crippen molar-refractivity contribution < 1.29 is 19.0 Å². The normalized spacial score (nSPS) is 10.1. The van der Waals surface area contributed by atoms with Crippen molar-refractivity contribution in [1.29, 1.82) is 0 Å². The molecule has 0 heterocycles. The highest BCUT2D eigenvalue weighted by Crippen LogP contribution is 2.13. The fourth-order valence-corrected chi connectivity index (χ4v) is 1.47. The predicted molar refractivity (Wildman–Crippen MR) is 63.6 cm³/mol. The van der Waals surface area contributed by atoms with Crippen LogP contribution in [0.2, 0.25) is 0 Å². The largest absolute Gasteiger partial charge is 0.508 e. The highest BCUT2D eigenvalue weighted by molar-refractivity contribution is 5.89. The number of hydrogen-bond donors (Lipinski definition) is 1. The summed E-state index contributed by atoms with van der Waals surface area (Å²) >= 11 is 0. The van der Waals surface area contributed by atoms with Gasteiger partial charge in [0.1, 0.15) is 18.2 Å². The number of phenolic OH excluding ortho intramolecular Hbond substituents is 1. The van der Waals surface area contributed by atoms with Crippen LogP contribution in [-0.2, 0) is 11.3 Å². The van der Waals surface area contributed by atoms with E-state index in [0.717, 1.165) is 0 Å². The number of phenols is 1. The van der Waals surface area contributed by atoms with Crippen molar-refractivity contribution in [2.45, 2.75) is 6.61 Å². The number of benzene rings is 2. The Hall–Kier alpha value is -2.36. The maximum Gasteiger partial charge on any atom is 0.338 e. The Labute approximate surface area is 103 Å². The van der Waals surface area contributed by atoms with E-state index in [1.807, 2.05) is 0 Å². The second-order valence-electron chi connectivity index (χ2n) is 3.72. The molecule has 0 amide bonds. The average molecular weight is 246 g/mol. The van der Waals surface area contributed by atoms with Crippen molar-refractivity contribution in [2.24, 2.45) is 0 Å². The molecule has 0 saturated carbocycles. The first-order valence-corrected chi connectivity index (χ1v) is 5.36. The highest BCUT2D eigenvalue weighted by atomic mass is 19.1. The van der Waals surface area contributed by atoms with Crippen LogP contribution in [0.5, 0.6) is 5.75 Å². The van der Waals surface area contributed by atoms with Gasteiger partial charge < -0.3 is 9.84 Å². The zero-order valence-electron chi connectivity index (χ0n) is 9.47. The number of hydrogen-bond acceptors (Lipinski definition) is 3. The van der Waals surface area contributed by atoms with Crippen molar-refractivity contribution in [3.05, 3.63) is 65.5 Å². The Morgan fingerprint density at radius 2 is 1.94 bits per heavy atom. The molecule has 0 spiro atoms. The molecule has 2 aromatic rings. The number of aromatic hydroxyl groups is 1. The van der Waals surface area contributed by atoms with Gasteiger partial charge in [-0.3, -0.25) is 0 Å². The van der Waals surface area contributed by atoms with Crippen LogP contribution in [0.4, 0.5) is 4.39 Å². The van der Waals surface area contributed by atoms with Crippen molar-refractivity contribution in [3.63, 3.8) is 0 Å². The van der Waals surface area contributed by atoms with E-state index >= 15 is 0 Å². The summed E-state index contributed by atoms with van der Waals surface area (Å²) in [5.41, 5.74) is 0.539. The van der Waals surface area contributed by atoms with Crippen LogP contribution >= 0.6 is 0 Å². The standard InChI is InChI=1S/C14H11FO3/c15-13-7-2-1-4-11(13)9-18-14(17)10-5-3-6-12(16)8-10/h1-8,16H,9H2. The summed E-state index contributed by atoms with van der Waals surface area (Å²) < 4.78 is 18.2. The van der Waals surface area contributed by atoms with Crippen LogP contribution < -0.4 is 0 Å². The van der Waals surface area contributed by atoms with E-state index in [1.54, 1.807) is 18.2 Å². The predicted octanol–water partition coefficient (Wildman–Crippen LogP) is 2.89. The third kappa shape index (κ3) is 2.85. The maximum absolute atomic E-state index is 13.3. The second kappa shape index (κ2) is 5.31. The second-order valence-corrected chi connectivity index (χ2v) is 3.72. The first-order chi connectivity index (χ1) is 8.66. The van der Waals surface area contributed by atoms with Crippen LogP contribution in [0.1, 0.15) is 15.9 Å². The quantitative estimate of drug-likeness (QED) is 0.847. The number of esters is 1. The van der Waals surface area contributed by atoms with Crippen molar-refractivity contribution in [3.8, 4) is 5.75 Å². The van der Waals surface area contributed by atoms with Crippen molar-refractivity contribution >= 4 is 5.97 Å². The van der Waals surface area contributed by atoms with Crippen LogP contribution in [0.3, 0.4) is 0 Å². The van der Waals surface area contributed by atoms with E-state index < -0.39 is 11.8 Å². The molecule has 18 heavy (non-hydrogen) atoms. The lowest BCUT2D eigenvalue weighted by Gasteiger charge is -2.06. The van der Waals surface area contributed by atoms with Gasteiger partial charge in [-0.25, -0.2) is 9.18 Å². The van der Waals surface area contributed by atoms with E-state index in [1.165, 1.54) is 30.3 Å². The summed E-state index contributed by atoms with van der Waals surface area (Å²) in [6, 6.07) is 11.9. The molecule has 4 heteroatoms. The minimum absolute atomic E-state index is 0.0182. The van der Waals surface area contributed by atoms with Gasteiger partial charge >= 0.3 is 5.97 Å². The lowest BCUT2D eigenvalue weighted by molar-refractivity contribution is 0.0468. The summed E-state index contributed by atoms with van der Waals surface area (Å²) in [7, 11) is 0. The summed E-state index contributed by atoms with van der Waals surface area (Å²) in [4.78, 5) is 11.6. The number of ether oxygens (including phenoxy) is 1. The molecule has 1 N–H and O–H groups in total. The molecule has 0 fully saturated rings. The lowest BCUT2D eigenvalue weighted by Crippen LogP contribution is -2.05. The highest BCUT2D eigenvalue weighted by Gasteiger charge is 2.09. The zero-order chi connectivity index (χ0) is 13.0. The zero-order valence-corrected chi connectivity index (χ0v) is 9.47. The van der Waals surface area contributed by atoms with E-state index in [4.69, 9.17) is 4.74 Å². The van der Waals surface area contributed by atoms with E-state index in [-0.39, 0.29) is 17.9 Å². The maximum atomic E-state index is 13.3. The van der Waals surface area contributed by atoms with Crippen molar-refractivity contribution in [2.75, 3.05) is 0 Å². The first-order valence-electron chi connectivity index (χ1n) is 5.36. The van der Waals surface area contributed by atoms with Gasteiger partial charge in [-0.15, -0.1) is 0 Å².